The molecule has 28 heavy (non-hydrogen) atoms. The van der Waals surface area contributed by atoms with Gasteiger partial charge in [-0.15, -0.1) is 0 Å². The minimum absolute atomic E-state index is 0.196. The van der Waals surface area contributed by atoms with Gasteiger partial charge in [-0.2, -0.15) is 0 Å². The van der Waals surface area contributed by atoms with Gasteiger partial charge in [0.2, 0.25) is 0 Å². The first-order valence-electron chi connectivity index (χ1n) is 8.96. The minimum atomic E-state index is -0.196. The summed E-state index contributed by atoms with van der Waals surface area (Å²) in [7, 11) is 3.17. The predicted octanol–water partition coefficient (Wildman–Crippen LogP) is 4.21. The first-order valence-corrected chi connectivity index (χ1v) is 8.96. The number of rotatable bonds is 8. The molecular formula is C23H23NO4. The normalized spacial score (nSPS) is 10.2. The average Bonchev–Trinajstić information content (AvgIpc) is 2.76. The van der Waals surface area contributed by atoms with Crippen molar-refractivity contribution >= 4 is 5.91 Å². The second-order valence-corrected chi connectivity index (χ2v) is 6.14. The SMILES string of the molecule is COc1ccc(CNC(=O)c2ccccc2OCc2ccccc2)cc1OC. The number of para-hydroxylation sites is 1. The van der Waals surface area contributed by atoms with Gasteiger partial charge in [-0.1, -0.05) is 48.5 Å². The lowest BCUT2D eigenvalue weighted by Crippen LogP contribution is -2.23. The molecule has 0 fully saturated rings. The fourth-order valence-corrected chi connectivity index (χ4v) is 2.78. The lowest BCUT2D eigenvalue weighted by atomic mass is 10.1. The molecule has 3 aromatic rings. The van der Waals surface area contributed by atoms with Gasteiger partial charge >= 0.3 is 0 Å². The van der Waals surface area contributed by atoms with E-state index >= 15 is 0 Å². The van der Waals surface area contributed by atoms with Crippen molar-refractivity contribution in [2.75, 3.05) is 14.2 Å². The molecule has 0 aliphatic rings. The van der Waals surface area contributed by atoms with Crippen LogP contribution in [-0.2, 0) is 13.2 Å². The summed E-state index contributed by atoms with van der Waals surface area (Å²) in [6.45, 7) is 0.771. The van der Waals surface area contributed by atoms with E-state index in [1.807, 2.05) is 60.7 Å². The molecule has 0 saturated heterocycles. The third-order valence-corrected chi connectivity index (χ3v) is 4.27. The van der Waals surface area contributed by atoms with Crippen molar-refractivity contribution in [3.8, 4) is 17.2 Å². The quantitative estimate of drug-likeness (QED) is 0.639. The highest BCUT2D eigenvalue weighted by atomic mass is 16.5. The molecule has 1 amide bonds. The standard InChI is InChI=1S/C23H23NO4/c1-26-21-13-12-18(14-22(21)27-2)15-24-23(25)19-10-6-7-11-20(19)28-16-17-8-4-3-5-9-17/h3-14H,15-16H2,1-2H3,(H,24,25). The lowest BCUT2D eigenvalue weighted by Gasteiger charge is -2.13. The first-order chi connectivity index (χ1) is 13.7. The zero-order valence-electron chi connectivity index (χ0n) is 16.0. The van der Waals surface area contributed by atoms with Crippen molar-refractivity contribution in [3.05, 3.63) is 89.5 Å². The van der Waals surface area contributed by atoms with Gasteiger partial charge in [-0.3, -0.25) is 4.79 Å². The molecule has 0 atom stereocenters. The molecule has 0 aromatic heterocycles. The van der Waals surface area contributed by atoms with Gasteiger partial charge in [0.05, 0.1) is 19.8 Å². The zero-order chi connectivity index (χ0) is 19.8. The third-order valence-electron chi connectivity index (χ3n) is 4.27. The molecule has 0 aliphatic carbocycles. The van der Waals surface area contributed by atoms with Crippen LogP contribution in [0.1, 0.15) is 21.5 Å². The highest BCUT2D eigenvalue weighted by Gasteiger charge is 2.13. The van der Waals surface area contributed by atoms with Crippen molar-refractivity contribution in [2.24, 2.45) is 0 Å². The number of nitrogens with one attached hydrogen (secondary N) is 1. The van der Waals surface area contributed by atoms with Crippen LogP contribution in [0.5, 0.6) is 17.2 Å². The third kappa shape index (κ3) is 4.82. The molecule has 5 heteroatoms. The molecule has 0 saturated carbocycles. The van der Waals surface area contributed by atoms with Crippen molar-refractivity contribution in [1.82, 2.24) is 5.32 Å². The lowest BCUT2D eigenvalue weighted by molar-refractivity contribution is 0.0946. The monoisotopic (exact) mass is 377 g/mol. The zero-order valence-corrected chi connectivity index (χ0v) is 16.0. The fourth-order valence-electron chi connectivity index (χ4n) is 2.78. The van der Waals surface area contributed by atoms with Gasteiger partial charge in [0.1, 0.15) is 12.4 Å². The molecule has 5 nitrogen and oxygen atoms in total. The highest BCUT2D eigenvalue weighted by Crippen LogP contribution is 2.27. The molecule has 0 unspecified atom stereocenters. The van der Waals surface area contributed by atoms with Crippen LogP contribution < -0.4 is 19.5 Å². The number of methoxy groups -OCH3 is 2. The summed E-state index contributed by atoms with van der Waals surface area (Å²) in [6.07, 6.45) is 0. The largest absolute Gasteiger partial charge is 0.493 e. The van der Waals surface area contributed by atoms with Crippen LogP contribution >= 0.6 is 0 Å². The van der Waals surface area contributed by atoms with Gasteiger partial charge in [0, 0.05) is 6.54 Å². The second kappa shape index (κ2) is 9.46. The second-order valence-electron chi connectivity index (χ2n) is 6.14. The number of carbonyl (C=O) groups is 1. The van der Waals surface area contributed by atoms with E-state index in [-0.39, 0.29) is 5.91 Å². The van der Waals surface area contributed by atoms with Crippen LogP contribution in [0.3, 0.4) is 0 Å². The van der Waals surface area contributed by atoms with Crippen LogP contribution in [0, 0.1) is 0 Å². The molecule has 144 valence electrons. The summed E-state index contributed by atoms with van der Waals surface area (Å²) < 4.78 is 16.4. The number of hydrogen-bond acceptors (Lipinski definition) is 4. The molecule has 0 spiro atoms. The Morgan fingerprint density at radius 1 is 0.786 bits per heavy atom. The van der Waals surface area contributed by atoms with Crippen LogP contribution in [-0.4, -0.2) is 20.1 Å². The molecule has 3 rings (SSSR count). The van der Waals surface area contributed by atoms with Gasteiger partial charge in [0.25, 0.3) is 5.91 Å². The van der Waals surface area contributed by atoms with Crippen molar-refractivity contribution in [3.63, 3.8) is 0 Å². The number of ether oxygens (including phenoxy) is 3. The average molecular weight is 377 g/mol. The summed E-state index contributed by atoms with van der Waals surface area (Å²) in [5.41, 5.74) is 2.45. The van der Waals surface area contributed by atoms with E-state index in [1.54, 1.807) is 26.4 Å². The number of amides is 1. The van der Waals surface area contributed by atoms with E-state index < -0.39 is 0 Å². The van der Waals surface area contributed by atoms with Crippen LogP contribution in [0.4, 0.5) is 0 Å². The molecule has 0 heterocycles. The molecule has 1 N–H and O–H groups in total. The Morgan fingerprint density at radius 3 is 2.25 bits per heavy atom. The molecule has 0 bridgehead atoms. The maximum absolute atomic E-state index is 12.7. The maximum atomic E-state index is 12.7. The van der Waals surface area contributed by atoms with E-state index in [1.165, 1.54) is 0 Å². The van der Waals surface area contributed by atoms with Gasteiger partial charge < -0.3 is 19.5 Å². The van der Waals surface area contributed by atoms with Gasteiger partial charge in [0.15, 0.2) is 11.5 Å². The predicted molar refractivity (Wildman–Crippen MR) is 108 cm³/mol. The number of hydrogen-bond donors (Lipinski definition) is 1. The summed E-state index contributed by atoms with van der Waals surface area (Å²) in [5, 5.41) is 2.93. The molecular weight excluding hydrogens is 354 g/mol. The summed E-state index contributed by atoms with van der Waals surface area (Å²) >= 11 is 0. The van der Waals surface area contributed by atoms with Crippen molar-refractivity contribution in [2.45, 2.75) is 13.2 Å². The Morgan fingerprint density at radius 2 is 1.50 bits per heavy atom. The summed E-state index contributed by atoms with van der Waals surface area (Å²) in [5.74, 6) is 1.63. The Bertz CT molecular complexity index is 925. The molecule has 0 aliphatic heterocycles. The van der Waals surface area contributed by atoms with E-state index in [4.69, 9.17) is 14.2 Å². The summed E-state index contributed by atoms with van der Waals surface area (Å²) in [6, 6.07) is 22.6. The van der Waals surface area contributed by atoms with Crippen LogP contribution in [0.15, 0.2) is 72.8 Å². The Kier molecular flexibility index (Phi) is 6.52. The van der Waals surface area contributed by atoms with E-state index in [0.717, 1.165) is 11.1 Å². The minimum Gasteiger partial charge on any atom is -0.493 e. The highest BCUT2D eigenvalue weighted by molar-refractivity contribution is 5.96. The fraction of sp³-hybridized carbons (Fsp3) is 0.174. The van der Waals surface area contributed by atoms with Crippen LogP contribution in [0.2, 0.25) is 0 Å². The Balaban J connectivity index is 1.66. The van der Waals surface area contributed by atoms with E-state index in [2.05, 4.69) is 5.32 Å². The van der Waals surface area contributed by atoms with Gasteiger partial charge in [-0.25, -0.2) is 0 Å². The number of carbonyl (C=O) groups excluding carboxylic acids is 1. The smallest absolute Gasteiger partial charge is 0.255 e. The van der Waals surface area contributed by atoms with Crippen molar-refractivity contribution < 1.29 is 19.0 Å². The Hall–Kier alpha value is -3.47. The first kappa shape index (κ1) is 19.3. The van der Waals surface area contributed by atoms with Crippen LogP contribution in [0.25, 0.3) is 0 Å². The molecule has 0 radical (unpaired) electrons. The maximum Gasteiger partial charge on any atom is 0.255 e. The Labute approximate surface area is 164 Å². The van der Waals surface area contributed by atoms with E-state index in [9.17, 15) is 4.79 Å². The molecule has 3 aromatic carbocycles. The van der Waals surface area contributed by atoms with E-state index in [0.29, 0.717) is 36.0 Å². The van der Waals surface area contributed by atoms with Gasteiger partial charge in [-0.05, 0) is 35.4 Å². The van der Waals surface area contributed by atoms with Crippen molar-refractivity contribution in [1.29, 1.82) is 0 Å². The summed E-state index contributed by atoms with van der Waals surface area (Å²) in [4.78, 5) is 12.7. The topological polar surface area (TPSA) is 56.8 Å². The number of benzene rings is 3.